The molecule has 20 nitrogen and oxygen atoms in total. The van der Waals surface area contributed by atoms with Crippen molar-refractivity contribution >= 4 is 17.7 Å². The van der Waals surface area contributed by atoms with E-state index in [-0.39, 0.29) is 0 Å². The highest BCUT2D eigenvalue weighted by atomic mass is 16.8. The summed E-state index contributed by atoms with van der Waals surface area (Å²) >= 11 is 0. The predicted octanol–water partition coefficient (Wildman–Crippen LogP) is -5.19. The van der Waals surface area contributed by atoms with Crippen LogP contribution in [0.2, 0.25) is 0 Å². The summed E-state index contributed by atoms with van der Waals surface area (Å²) in [6, 6.07) is -4.07. The average molecular weight is 724 g/mol. The van der Waals surface area contributed by atoms with E-state index in [9.17, 15) is 45.0 Å². The van der Waals surface area contributed by atoms with Gasteiger partial charge in [-0.2, -0.15) is 0 Å². The molecule has 0 aromatic heterocycles. The van der Waals surface area contributed by atoms with Gasteiger partial charge in [-0.3, -0.25) is 14.4 Å². The van der Waals surface area contributed by atoms with Gasteiger partial charge in [-0.05, 0) is 20.8 Å². The summed E-state index contributed by atoms with van der Waals surface area (Å²) in [6.45, 7) is 7.22. The lowest BCUT2D eigenvalue weighted by Crippen LogP contribution is -2.71. The average Bonchev–Trinajstić information content (AvgIpc) is 3.03. The van der Waals surface area contributed by atoms with E-state index in [1.54, 1.807) is 0 Å². The van der Waals surface area contributed by atoms with Gasteiger partial charge < -0.3 is 84.5 Å². The molecule has 0 aliphatic carbocycles. The van der Waals surface area contributed by atoms with Crippen LogP contribution in [0.5, 0.6) is 0 Å². The van der Waals surface area contributed by atoms with Crippen LogP contribution in [-0.4, -0.2) is 178 Å². The molecule has 5 aliphatic heterocycles. The molecule has 50 heavy (non-hydrogen) atoms. The minimum Gasteiger partial charge on any atom is -0.394 e. The molecule has 0 radical (unpaired) electrons. The number of hydrogen-bond donors (Lipinski definition) is 9. The van der Waals surface area contributed by atoms with Gasteiger partial charge in [-0.25, -0.2) is 0 Å². The minimum absolute atomic E-state index is 0.591. The summed E-state index contributed by atoms with van der Waals surface area (Å²) in [5, 5.41) is 74.4. The zero-order valence-corrected chi connectivity index (χ0v) is 28.4. The third-order valence-electron chi connectivity index (χ3n) is 9.54. The van der Waals surface area contributed by atoms with E-state index in [0.717, 1.165) is 0 Å². The summed E-state index contributed by atoms with van der Waals surface area (Å²) in [5.41, 5.74) is 0. The molecule has 5 heterocycles. The number of aliphatic hydroxyl groups is 6. The van der Waals surface area contributed by atoms with Gasteiger partial charge in [0.15, 0.2) is 25.2 Å². The van der Waals surface area contributed by atoms with Crippen LogP contribution < -0.4 is 16.0 Å². The van der Waals surface area contributed by atoms with Gasteiger partial charge >= 0.3 is 0 Å². The molecular weight excluding hydrogens is 674 g/mol. The number of hydrogen-bond acceptors (Lipinski definition) is 17. The fourth-order valence-electron chi connectivity index (χ4n) is 6.97. The van der Waals surface area contributed by atoms with Crippen LogP contribution >= 0.6 is 0 Å². The molecule has 0 unspecified atom stereocenters. The van der Waals surface area contributed by atoms with Crippen LogP contribution in [0, 0.1) is 0 Å². The molecule has 3 amide bonds. The molecule has 5 aliphatic rings. The first-order chi connectivity index (χ1) is 23.5. The third-order valence-corrected chi connectivity index (χ3v) is 9.54. The first kappa shape index (κ1) is 39.1. The van der Waals surface area contributed by atoms with Gasteiger partial charge in [0.25, 0.3) is 0 Å². The molecule has 5 saturated heterocycles. The van der Waals surface area contributed by atoms with Crippen LogP contribution in [0.1, 0.15) is 41.5 Å². The molecule has 5 rings (SSSR count). The predicted molar refractivity (Wildman–Crippen MR) is 161 cm³/mol. The van der Waals surface area contributed by atoms with Crippen molar-refractivity contribution in [1.29, 1.82) is 0 Å². The van der Waals surface area contributed by atoms with Gasteiger partial charge in [0, 0.05) is 20.8 Å². The van der Waals surface area contributed by atoms with E-state index in [0.29, 0.717) is 0 Å². The molecule has 0 aromatic rings. The first-order valence-corrected chi connectivity index (χ1v) is 16.6. The Morgan fingerprint density at radius 1 is 0.460 bits per heavy atom. The van der Waals surface area contributed by atoms with E-state index < -0.39 is 147 Å². The Hall–Kier alpha value is -2.15. The zero-order chi connectivity index (χ0) is 36.8. The second-order valence-electron chi connectivity index (χ2n) is 13.4. The fraction of sp³-hybridized carbons (Fsp3) is 0.900. The number of carbonyl (C=O) groups excluding carboxylic acids is 3. The van der Waals surface area contributed by atoms with E-state index in [1.807, 2.05) is 0 Å². The van der Waals surface area contributed by atoms with E-state index in [4.69, 9.17) is 37.9 Å². The number of nitrogens with one attached hydrogen (secondary N) is 3. The summed E-state index contributed by atoms with van der Waals surface area (Å²) in [7, 11) is 0. The highest BCUT2D eigenvalue weighted by Crippen LogP contribution is 2.37. The number of carbonyl (C=O) groups is 3. The van der Waals surface area contributed by atoms with Crippen LogP contribution in [-0.2, 0) is 52.3 Å². The first-order valence-electron chi connectivity index (χ1n) is 16.6. The van der Waals surface area contributed by atoms with Crippen molar-refractivity contribution in [3.05, 3.63) is 0 Å². The maximum atomic E-state index is 12.5. The molecule has 0 saturated carbocycles. The molecule has 286 valence electrons. The molecule has 6 bridgehead atoms. The highest BCUT2D eigenvalue weighted by molar-refractivity contribution is 5.74. The minimum atomic E-state index is -1.73. The Morgan fingerprint density at radius 3 is 1.22 bits per heavy atom. The lowest BCUT2D eigenvalue weighted by molar-refractivity contribution is -0.372. The Bertz CT molecular complexity index is 1220. The Labute approximate surface area is 287 Å². The van der Waals surface area contributed by atoms with Crippen molar-refractivity contribution in [2.24, 2.45) is 0 Å². The SMILES string of the molecule is CC(=O)N[C@@H]1[C@@H]2O[C@H]3[C@H](O)[C@@H](CO)O[C@@H](O[C@H]4[C@H](O[C@@H]5[C@H](O)[C@H](C)O[C@@H](O[C@@H]1[C@H](O)[C@H](C)O2)[C@H]5NC(C)=O)O[C@@H](C)[C@@H](O)[C@H]4O)[C@@H]3NC(C)=O. The normalized spacial score (nSPS) is 49.7. The molecular formula is C30H49N3O17. The lowest BCUT2D eigenvalue weighted by Gasteiger charge is -2.50. The Morgan fingerprint density at radius 2 is 0.800 bits per heavy atom. The molecule has 5 fully saturated rings. The third kappa shape index (κ3) is 7.93. The van der Waals surface area contributed by atoms with Crippen LogP contribution in [0.4, 0.5) is 0 Å². The fourth-order valence-corrected chi connectivity index (χ4v) is 6.97. The van der Waals surface area contributed by atoms with Crippen LogP contribution in [0.15, 0.2) is 0 Å². The standard InChI is InChI=1S/C30H49N3O17/c1-8-18(38)22(42)26-30(45-8)49-24-16(32-12(5)36)27(43-10(3)20(24)40)47-23-15(31-11(4)35)28(44-9(2)19(23)39)48-25-17(33-13(6)37)29(50-26)46-14(7-34)21(25)41/h8-10,14-30,34,38-42H,7H2,1-6H3,(H,31,35)(H,32,36)(H,33,37)/t8-,9-,10-,14+,15-,16-,17+,18+,19+,20+,21+,22+,23-,24-,25+,26+,27-,28-,29-,30-/m0/s1. The second kappa shape index (κ2) is 15.8. The van der Waals surface area contributed by atoms with Crippen LogP contribution in [0.25, 0.3) is 0 Å². The number of aliphatic hydroxyl groups excluding tert-OH is 6. The number of ether oxygens (including phenoxy) is 8. The van der Waals surface area contributed by atoms with Crippen molar-refractivity contribution in [1.82, 2.24) is 16.0 Å². The molecule has 0 aromatic carbocycles. The second-order valence-corrected chi connectivity index (χ2v) is 13.4. The molecule has 0 spiro atoms. The summed E-state index contributed by atoms with van der Waals surface area (Å²) in [5.74, 6) is -1.83. The number of amides is 3. The van der Waals surface area contributed by atoms with E-state index >= 15 is 0 Å². The molecule has 20 heteroatoms. The van der Waals surface area contributed by atoms with Crippen molar-refractivity contribution < 1.29 is 82.9 Å². The highest BCUT2D eigenvalue weighted by Gasteiger charge is 2.57. The van der Waals surface area contributed by atoms with Crippen molar-refractivity contribution in [3.63, 3.8) is 0 Å². The Kier molecular flexibility index (Phi) is 12.4. The molecule has 9 N–H and O–H groups in total. The zero-order valence-electron chi connectivity index (χ0n) is 28.4. The van der Waals surface area contributed by atoms with Crippen molar-refractivity contribution in [2.45, 2.75) is 164 Å². The summed E-state index contributed by atoms with van der Waals surface area (Å²) in [6.07, 6.45) is -24.6. The van der Waals surface area contributed by atoms with Crippen molar-refractivity contribution in [2.75, 3.05) is 6.61 Å². The molecule has 20 atom stereocenters. The lowest BCUT2D eigenvalue weighted by atomic mass is 9.93. The maximum Gasteiger partial charge on any atom is 0.217 e. The van der Waals surface area contributed by atoms with Crippen molar-refractivity contribution in [3.8, 4) is 0 Å². The van der Waals surface area contributed by atoms with E-state index in [2.05, 4.69) is 16.0 Å². The quantitative estimate of drug-likeness (QED) is 0.131. The van der Waals surface area contributed by atoms with Gasteiger partial charge in [0.1, 0.15) is 79.2 Å². The smallest absolute Gasteiger partial charge is 0.217 e. The monoisotopic (exact) mass is 723 g/mol. The Balaban J connectivity index is 1.69. The number of rotatable bonds is 4. The number of fused-ring (bicyclic) bond motifs is 7. The maximum absolute atomic E-state index is 12.5. The van der Waals surface area contributed by atoms with Gasteiger partial charge in [-0.15, -0.1) is 0 Å². The van der Waals surface area contributed by atoms with Gasteiger partial charge in [-0.1, -0.05) is 0 Å². The topological polar surface area (TPSA) is 283 Å². The van der Waals surface area contributed by atoms with Gasteiger partial charge in [0.05, 0.1) is 24.9 Å². The van der Waals surface area contributed by atoms with Gasteiger partial charge in [0.2, 0.25) is 17.7 Å². The summed E-state index contributed by atoms with van der Waals surface area (Å²) < 4.78 is 48.9. The van der Waals surface area contributed by atoms with E-state index in [1.165, 1.54) is 41.5 Å². The van der Waals surface area contributed by atoms with Crippen LogP contribution in [0.3, 0.4) is 0 Å². The summed E-state index contributed by atoms with van der Waals surface area (Å²) in [4.78, 5) is 37.6. The largest absolute Gasteiger partial charge is 0.394 e.